The Bertz CT molecular complexity index is 312. The fourth-order valence-corrected chi connectivity index (χ4v) is 2.47. The van der Waals surface area contributed by atoms with Gasteiger partial charge in [0, 0.05) is 4.47 Å². The Labute approximate surface area is 113 Å². The summed E-state index contributed by atoms with van der Waals surface area (Å²) in [6.45, 7) is 2.22. The van der Waals surface area contributed by atoms with Crippen LogP contribution < -0.4 is 0 Å². The topological polar surface area (TPSA) is 20.2 Å². The number of rotatable bonds is 8. The molecule has 0 aliphatic rings. The van der Waals surface area contributed by atoms with Crippen LogP contribution in [-0.2, 0) is 6.42 Å². The standard InChI is InChI=1S/C15H23BrO/c1-2-3-4-5-6-10-15(17)12-13-8-7-9-14(16)11-13/h7-9,11,15,17H,2-6,10,12H2,1H3. The fraction of sp³-hybridized carbons (Fsp3) is 0.600. The summed E-state index contributed by atoms with van der Waals surface area (Å²) in [6.07, 6.45) is 7.82. The predicted molar refractivity (Wildman–Crippen MR) is 77.2 cm³/mol. The Morgan fingerprint density at radius 1 is 1.18 bits per heavy atom. The molecule has 0 heterocycles. The van der Waals surface area contributed by atoms with Crippen LogP contribution in [0, 0.1) is 0 Å². The molecule has 1 aromatic carbocycles. The molecular formula is C15H23BrO. The van der Waals surface area contributed by atoms with Crippen molar-refractivity contribution in [3.8, 4) is 0 Å². The van der Waals surface area contributed by atoms with E-state index in [1.165, 1.54) is 31.2 Å². The van der Waals surface area contributed by atoms with Crippen molar-refractivity contribution < 1.29 is 5.11 Å². The van der Waals surface area contributed by atoms with Gasteiger partial charge in [-0.25, -0.2) is 0 Å². The average molecular weight is 299 g/mol. The molecule has 2 heteroatoms. The zero-order chi connectivity index (χ0) is 12.5. The van der Waals surface area contributed by atoms with Crippen LogP contribution in [0.3, 0.4) is 0 Å². The lowest BCUT2D eigenvalue weighted by molar-refractivity contribution is 0.161. The van der Waals surface area contributed by atoms with Crippen LogP contribution in [-0.4, -0.2) is 11.2 Å². The average Bonchev–Trinajstić information content (AvgIpc) is 2.29. The third-order valence-corrected chi connectivity index (χ3v) is 3.49. The smallest absolute Gasteiger partial charge is 0.0580 e. The number of hydrogen-bond acceptors (Lipinski definition) is 1. The molecule has 1 aromatic rings. The van der Waals surface area contributed by atoms with Crippen molar-refractivity contribution in [3.63, 3.8) is 0 Å². The predicted octanol–water partition coefficient (Wildman–Crippen LogP) is 4.71. The lowest BCUT2D eigenvalue weighted by Gasteiger charge is -2.10. The van der Waals surface area contributed by atoms with Crippen molar-refractivity contribution in [2.75, 3.05) is 0 Å². The highest BCUT2D eigenvalue weighted by Gasteiger charge is 2.05. The van der Waals surface area contributed by atoms with E-state index in [4.69, 9.17) is 0 Å². The van der Waals surface area contributed by atoms with E-state index in [1.54, 1.807) is 0 Å². The van der Waals surface area contributed by atoms with E-state index in [0.29, 0.717) is 0 Å². The van der Waals surface area contributed by atoms with Crippen molar-refractivity contribution in [1.29, 1.82) is 0 Å². The molecule has 1 atom stereocenters. The minimum Gasteiger partial charge on any atom is -0.393 e. The van der Waals surface area contributed by atoms with E-state index in [2.05, 4.69) is 35.0 Å². The highest BCUT2D eigenvalue weighted by molar-refractivity contribution is 9.10. The molecule has 1 rings (SSSR count). The third kappa shape index (κ3) is 6.85. The second-order valence-electron chi connectivity index (χ2n) is 4.69. The number of aliphatic hydroxyl groups is 1. The Kier molecular flexibility index (Phi) is 7.54. The van der Waals surface area contributed by atoms with Gasteiger partial charge in [-0.05, 0) is 30.5 Å². The van der Waals surface area contributed by atoms with Crippen LogP contribution in [0.25, 0.3) is 0 Å². The van der Waals surface area contributed by atoms with E-state index in [0.717, 1.165) is 23.7 Å². The molecule has 1 unspecified atom stereocenters. The summed E-state index contributed by atoms with van der Waals surface area (Å²) in [6, 6.07) is 8.19. The van der Waals surface area contributed by atoms with E-state index in [1.807, 2.05) is 12.1 Å². The number of halogens is 1. The maximum Gasteiger partial charge on any atom is 0.0580 e. The lowest BCUT2D eigenvalue weighted by atomic mass is 10.0. The Hall–Kier alpha value is -0.340. The van der Waals surface area contributed by atoms with Crippen LogP contribution in [0.4, 0.5) is 0 Å². The first kappa shape index (κ1) is 14.7. The SMILES string of the molecule is CCCCCCCC(O)Cc1cccc(Br)c1. The van der Waals surface area contributed by atoms with Gasteiger partial charge in [0.15, 0.2) is 0 Å². The van der Waals surface area contributed by atoms with Crippen LogP contribution >= 0.6 is 15.9 Å². The highest BCUT2D eigenvalue weighted by atomic mass is 79.9. The molecule has 17 heavy (non-hydrogen) atoms. The maximum atomic E-state index is 9.93. The largest absolute Gasteiger partial charge is 0.393 e. The summed E-state index contributed by atoms with van der Waals surface area (Å²) in [7, 11) is 0. The van der Waals surface area contributed by atoms with Gasteiger partial charge in [0.05, 0.1) is 6.10 Å². The second kappa shape index (κ2) is 8.71. The molecule has 0 aliphatic carbocycles. The third-order valence-electron chi connectivity index (χ3n) is 3.00. The molecule has 0 radical (unpaired) electrons. The zero-order valence-corrected chi connectivity index (χ0v) is 12.2. The molecular weight excluding hydrogens is 276 g/mol. The zero-order valence-electron chi connectivity index (χ0n) is 10.7. The van der Waals surface area contributed by atoms with Crippen molar-refractivity contribution in [3.05, 3.63) is 34.3 Å². The van der Waals surface area contributed by atoms with Gasteiger partial charge in [-0.3, -0.25) is 0 Å². The monoisotopic (exact) mass is 298 g/mol. The minimum absolute atomic E-state index is 0.189. The van der Waals surface area contributed by atoms with E-state index >= 15 is 0 Å². The maximum absolute atomic E-state index is 9.93. The molecule has 0 saturated heterocycles. The summed E-state index contributed by atoms with van der Waals surface area (Å²) >= 11 is 3.45. The first-order valence-electron chi connectivity index (χ1n) is 6.65. The van der Waals surface area contributed by atoms with Gasteiger partial charge >= 0.3 is 0 Å². The molecule has 0 spiro atoms. The van der Waals surface area contributed by atoms with Crippen molar-refractivity contribution in [1.82, 2.24) is 0 Å². The summed E-state index contributed by atoms with van der Waals surface area (Å²) in [5, 5.41) is 9.93. The van der Waals surface area contributed by atoms with Crippen LogP contribution in [0.5, 0.6) is 0 Å². The van der Waals surface area contributed by atoms with Gasteiger partial charge in [0.2, 0.25) is 0 Å². The Morgan fingerprint density at radius 2 is 1.94 bits per heavy atom. The van der Waals surface area contributed by atoms with E-state index in [9.17, 15) is 5.11 Å². The van der Waals surface area contributed by atoms with Gasteiger partial charge in [0.1, 0.15) is 0 Å². The van der Waals surface area contributed by atoms with E-state index < -0.39 is 0 Å². The Balaban J connectivity index is 2.18. The molecule has 0 amide bonds. The van der Waals surface area contributed by atoms with Gasteiger partial charge in [0.25, 0.3) is 0 Å². The van der Waals surface area contributed by atoms with Crippen molar-refractivity contribution >= 4 is 15.9 Å². The molecule has 0 bridgehead atoms. The first-order valence-corrected chi connectivity index (χ1v) is 7.44. The van der Waals surface area contributed by atoms with E-state index in [-0.39, 0.29) is 6.10 Å². The van der Waals surface area contributed by atoms with Crippen LogP contribution in [0.2, 0.25) is 0 Å². The highest BCUT2D eigenvalue weighted by Crippen LogP contribution is 2.15. The fourth-order valence-electron chi connectivity index (χ4n) is 2.02. The quantitative estimate of drug-likeness (QED) is 0.689. The normalized spacial score (nSPS) is 12.6. The van der Waals surface area contributed by atoms with Crippen molar-refractivity contribution in [2.45, 2.75) is 58.0 Å². The molecule has 0 aliphatic heterocycles. The number of benzene rings is 1. The van der Waals surface area contributed by atoms with Crippen LogP contribution in [0.1, 0.15) is 51.0 Å². The molecule has 0 aromatic heterocycles. The van der Waals surface area contributed by atoms with Gasteiger partial charge in [-0.1, -0.05) is 67.1 Å². The summed E-state index contributed by atoms with van der Waals surface area (Å²) < 4.78 is 1.09. The number of aliphatic hydroxyl groups excluding tert-OH is 1. The van der Waals surface area contributed by atoms with Gasteiger partial charge in [-0.2, -0.15) is 0 Å². The minimum atomic E-state index is -0.189. The molecule has 96 valence electrons. The van der Waals surface area contributed by atoms with Crippen LogP contribution in [0.15, 0.2) is 28.7 Å². The van der Waals surface area contributed by atoms with Crippen molar-refractivity contribution in [2.24, 2.45) is 0 Å². The summed E-state index contributed by atoms with van der Waals surface area (Å²) in [5.74, 6) is 0. The summed E-state index contributed by atoms with van der Waals surface area (Å²) in [5.41, 5.74) is 1.21. The summed E-state index contributed by atoms with van der Waals surface area (Å²) in [4.78, 5) is 0. The Morgan fingerprint density at radius 3 is 2.65 bits per heavy atom. The van der Waals surface area contributed by atoms with Gasteiger partial charge < -0.3 is 5.11 Å². The molecule has 0 saturated carbocycles. The van der Waals surface area contributed by atoms with Gasteiger partial charge in [-0.15, -0.1) is 0 Å². The molecule has 1 N–H and O–H groups in total. The number of hydrogen-bond donors (Lipinski definition) is 1. The molecule has 0 fully saturated rings. The first-order chi connectivity index (χ1) is 8.22. The number of unbranched alkanes of at least 4 members (excludes halogenated alkanes) is 4. The second-order valence-corrected chi connectivity index (χ2v) is 5.61. The lowest BCUT2D eigenvalue weighted by Crippen LogP contribution is -2.10. The molecule has 1 nitrogen and oxygen atoms in total.